The number of unbranched alkanes of at least 4 members (excludes halogenated alkanes) is 1. The van der Waals surface area contributed by atoms with Gasteiger partial charge in [-0.2, -0.15) is 0 Å². The molecule has 1 aliphatic carbocycles. The van der Waals surface area contributed by atoms with Crippen molar-refractivity contribution < 1.29 is 34.4 Å². The molecule has 0 saturated heterocycles. The number of aliphatic hydroxyl groups is 2. The molecule has 0 bridgehead atoms. The second kappa shape index (κ2) is 12.5. The summed E-state index contributed by atoms with van der Waals surface area (Å²) in [6, 6.07) is 23.2. The molecule has 3 aromatic carbocycles. The number of hydrogen-bond acceptors (Lipinski definition) is 7. The van der Waals surface area contributed by atoms with Gasteiger partial charge in [0.15, 0.2) is 5.79 Å². The largest absolute Gasteiger partial charge is 0.508 e. The third kappa shape index (κ3) is 5.64. The average molecular weight is 601 g/mol. The molecule has 5 N–H and O–H groups in total. The lowest BCUT2D eigenvalue weighted by Gasteiger charge is -2.57. The Morgan fingerprint density at radius 2 is 1.50 bits per heavy atom. The van der Waals surface area contributed by atoms with E-state index in [9.17, 15) is 24.9 Å². The molecule has 0 radical (unpaired) electrons. The Labute approximate surface area is 257 Å². The molecule has 0 aromatic heterocycles. The van der Waals surface area contributed by atoms with Crippen molar-refractivity contribution in [3.63, 3.8) is 0 Å². The maximum atomic E-state index is 14.4. The first-order chi connectivity index (χ1) is 21.0. The van der Waals surface area contributed by atoms with Crippen LogP contribution < -0.4 is 5.73 Å². The smallest absolute Gasteiger partial charge is 0.255 e. The second-order valence-corrected chi connectivity index (χ2v) is 11.9. The van der Waals surface area contributed by atoms with Crippen LogP contribution in [0.3, 0.4) is 0 Å². The van der Waals surface area contributed by atoms with Gasteiger partial charge in [0.25, 0.3) is 5.91 Å². The summed E-state index contributed by atoms with van der Waals surface area (Å²) in [5, 5.41) is 35.3. The van der Waals surface area contributed by atoms with E-state index in [1.165, 1.54) is 11.0 Å². The first-order valence-corrected chi connectivity index (χ1v) is 14.9. The Morgan fingerprint density at radius 3 is 2.09 bits per heavy atom. The van der Waals surface area contributed by atoms with Crippen molar-refractivity contribution in [2.24, 2.45) is 17.1 Å². The van der Waals surface area contributed by atoms with Gasteiger partial charge in [-0.15, -0.1) is 0 Å². The molecule has 232 valence electrons. The Hall–Kier alpha value is -4.02. The Balaban J connectivity index is 1.63. The zero-order chi connectivity index (χ0) is 31.5. The molecule has 2 amide bonds. The van der Waals surface area contributed by atoms with E-state index >= 15 is 0 Å². The van der Waals surface area contributed by atoms with E-state index in [1.807, 2.05) is 67.6 Å². The SMILES string of the molecule is CCCCC1(C)C(O)(OCc2ccccc2)C(C(=O)N2Cc3ccc(O)cc3C2)=CC(C(N)=O)C1(O)OCc1ccccc1. The van der Waals surface area contributed by atoms with Crippen molar-refractivity contribution >= 4 is 11.8 Å². The molecule has 5 rings (SSSR count). The number of carbonyl (C=O) groups excluding carboxylic acids is 2. The summed E-state index contributed by atoms with van der Waals surface area (Å²) in [6.45, 7) is 3.78. The minimum Gasteiger partial charge on any atom is -0.508 e. The van der Waals surface area contributed by atoms with Gasteiger partial charge in [-0.25, -0.2) is 0 Å². The van der Waals surface area contributed by atoms with Gasteiger partial charge in [0, 0.05) is 13.1 Å². The number of phenolic OH excluding ortho intramolecular Hbond substituents is 1. The number of phenols is 1. The molecule has 1 heterocycles. The van der Waals surface area contributed by atoms with Crippen LogP contribution in [0, 0.1) is 11.3 Å². The van der Waals surface area contributed by atoms with Crippen LogP contribution in [-0.2, 0) is 45.4 Å². The van der Waals surface area contributed by atoms with E-state index in [1.54, 1.807) is 25.1 Å². The van der Waals surface area contributed by atoms with Crippen molar-refractivity contribution in [3.05, 3.63) is 113 Å². The summed E-state index contributed by atoms with van der Waals surface area (Å²) >= 11 is 0. The van der Waals surface area contributed by atoms with E-state index in [0.29, 0.717) is 12.8 Å². The van der Waals surface area contributed by atoms with Gasteiger partial charge in [0.1, 0.15) is 11.7 Å². The van der Waals surface area contributed by atoms with E-state index < -0.39 is 34.7 Å². The summed E-state index contributed by atoms with van der Waals surface area (Å²) in [6.07, 6.45) is 2.57. The lowest BCUT2D eigenvalue weighted by atomic mass is 9.59. The second-order valence-electron chi connectivity index (χ2n) is 11.9. The number of carbonyl (C=O) groups is 2. The molecule has 1 aliphatic heterocycles. The zero-order valence-electron chi connectivity index (χ0n) is 25.1. The number of nitrogens with zero attached hydrogens (tertiary/aromatic N) is 1. The number of ether oxygens (including phenoxy) is 2. The number of aromatic hydroxyl groups is 1. The molecule has 44 heavy (non-hydrogen) atoms. The van der Waals surface area contributed by atoms with Crippen LogP contribution in [0.25, 0.3) is 0 Å². The van der Waals surface area contributed by atoms with Gasteiger partial charge in [0.2, 0.25) is 11.7 Å². The molecule has 0 fully saturated rings. The Morgan fingerprint density at radius 1 is 0.909 bits per heavy atom. The molecule has 4 unspecified atom stereocenters. The van der Waals surface area contributed by atoms with E-state index in [-0.39, 0.29) is 44.0 Å². The first kappa shape index (κ1) is 31.4. The van der Waals surface area contributed by atoms with Crippen LogP contribution in [0.15, 0.2) is 90.5 Å². The first-order valence-electron chi connectivity index (χ1n) is 14.9. The number of hydrogen-bond donors (Lipinski definition) is 4. The fourth-order valence-corrected chi connectivity index (χ4v) is 6.36. The monoisotopic (exact) mass is 600 g/mol. The quantitative estimate of drug-likeness (QED) is 0.241. The average Bonchev–Trinajstić information content (AvgIpc) is 3.45. The molecule has 0 saturated carbocycles. The number of benzene rings is 3. The topological polar surface area (TPSA) is 143 Å². The van der Waals surface area contributed by atoms with Gasteiger partial charge >= 0.3 is 0 Å². The molecule has 2 aliphatic rings. The van der Waals surface area contributed by atoms with Crippen LogP contribution in [0.2, 0.25) is 0 Å². The van der Waals surface area contributed by atoms with Crippen LogP contribution in [0.4, 0.5) is 0 Å². The highest BCUT2D eigenvalue weighted by molar-refractivity contribution is 5.97. The fourth-order valence-electron chi connectivity index (χ4n) is 6.36. The summed E-state index contributed by atoms with van der Waals surface area (Å²) in [5.41, 5.74) is 7.09. The standard InChI is InChI=1S/C35H40N2O7/c1-3-4-17-33(2)34(41,43-22-24-11-7-5-8-12-24)29(31(36)39)19-30(35(33,42)44-23-25-13-9-6-10-14-25)32(40)37-20-26-15-16-28(38)18-27(26)21-37/h5-16,18-19,29,38,41-42H,3-4,17,20-23H2,1-2H3,(H2,36,39). The van der Waals surface area contributed by atoms with Gasteiger partial charge in [-0.1, -0.05) is 92.6 Å². The zero-order valence-corrected chi connectivity index (χ0v) is 25.1. The summed E-state index contributed by atoms with van der Waals surface area (Å²) < 4.78 is 12.6. The summed E-state index contributed by atoms with van der Waals surface area (Å²) in [5.74, 6) is -7.63. The lowest BCUT2D eigenvalue weighted by Crippen LogP contribution is -2.71. The highest BCUT2D eigenvalue weighted by Gasteiger charge is 2.70. The number of nitrogens with two attached hydrogens (primary N) is 1. The predicted octanol–water partition coefficient (Wildman–Crippen LogP) is 4.28. The summed E-state index contributed by atoms with van der Waals surface area (Å²) in [7, 11) is 0. The van der Waals surface area contributed by atoms with E-state index in [4.69, 9.17) is 15.2 Å². The van der Waals surface area contributed by atoms with Crippen molar-refractivity contribution in [1.29, 1.82) is 0 Å². The molecule has 4 atom stereocenters. The van der Waals surface area contributed by atoms with Crippen molar-refractivity contribution in [2.75, 3.05) is 0 Å². The van der Waals surface area contributed by atoms with Crippen LogP contribution in [0.1, 0.15) is 55.4 Å². The number of amides is 2. The van der Waals surface area contributed by atoms with E-state index in [0.717, 1.165) is 22.3 Å². The Bertz CT molecular complexity index is 1530. The van der Waals surface area contributed by atoms with Crippen molar-refractivity contribution in [3.8, 4) is 5.75 Å². The van der Waals surface area contributed by atoms with Gasteiger partial charge < -0.3 is 35.4 Å². The van der Waals surface area contributed by atoms with Gasteiger partial charge in [-0.3, -0.25) is 9.59 Å². The molecule has 3 aromatic rings. The Kier molecular flexibility index (Phi) is 8.95. The highest BCUT2D eigenvalue weighted by atomic mass is 16.7. The minimum atomic E-state index is -2.40. The number of primary amides is 1. The maximum Gasteiger partial charge on any atom is 0.255 e. The molecular weight excluding hydrogens is 560 g/mol. The van der Waals surface area contributed by atoms with E-state index in [2.05, 4.69) is 0 Å². The van der Waals surface area contributed by atoms with Gasteiger partial charge in [0.05, 0.1) is 24.2 Å². The normalized spacial score (nSPS) is 26.2. The predicted molar refractivity (Wildman–Crippen MR) is 163 cm³/mol. The third-order valence-corrected chi connectivity index (χ3v) is 9.02. The maximum absolute atomic E-state index is 14.4. The molecular formula is C35H40N2O7. The van der Waals surface area contributed by atoms with Crippen LogP contribution >= 0.6 is 0 Å². The lowest BCUT2D eigenvalue weighted by molar-refractivity contribution is -0.381. The van der Waals surface area contributed by atoms with Crippen molar-refractivity contribution in [1.82, 2.24) is 4.90 Å². The highest BCUT2D eigenvalue weighted by Crippen LogP contribution is 2.57. The third-order valence-electron chi connectivity index (χ3n) is 9.02. The minimum absolute atomic E-state index is 0.0826. The van der Waals surface area contributed by atoms with Crippen LogP contribution in [-0.4, -0.2) is 43.6 Å². The number of rotatable bonds is 11. The molecule has 9 heteroatoms. The van der Waals surface area contributed by atoms with Gasteiger partial charge in [-0.05, 0) is 47.7 Å². The molecule has 9 nitrogen and oxygen atoms in total. The fraction of sp³-hybridized carbons (Fsp3) is 0.371. The van der Waals surface area contributed by atoms with Crippen LogP contribution in [0.5, 0.6) is 5.75 Å². The summed E-state index contributed by atoms with van der Waals surface area (Å²) in [4.78, 5) is 29.0. The number of fused-ring (bicyclic) bond motifs is 1. The molecule has 0 spiro atoms. The van der Waals surface area contributed by atoms with Crippen molar-refractivity contribution in [2.45, 2.75) is 71.0 Å².